The van der Waals surface area contributed by atoms with Crippen LogP contribution >= 0.6 is 0 Å². The van der Waals surface area contributed by atoms with Crippen molar-refractivity contribution in [3.05, 3.63) is 70.4 Å². The fraction of sp³-hybridized carbons (Fsp3) is 0.394. The van der Waals surface area contributed by atoms with E-state index < -0.39 is 23.8 Å². The summed E-state index contributed by atoms with van der Waals surface area (Å²) in [7, 11) is 0. The van der Waals surface area contributed by atoms with Gasteiger partial charge in [0, 0.05) is 28.8 Å². The second-order valence-corrected chi connectivity index (χ2v) is 12.6. The zero-order chi connectivity index (χ0) is 32.6. The van der Waals surface area contributed by atoms with Gasteiger partial charge < -0.3 is 14.8 Å². The molecular weight excluding hydrogens is 585 g/mol. The van der Waals surface area contributed by atoms with Crippen molar-refractivity contribution in [3.8, 4) is 11.3 Å². The van der Waals surface area contributed by atoms with Crippen LogP contribution in [0.4, 0.5) is 19.0 Å². The number of benzene rings is 1. The van der Waals surface area contributed by atoms with Crippen LogP contribution in [0.3, 0.4) is 0 Å². The average molecular weight is 619 g/mol. The minimum Gasteiger partial charge on any atom is -0.337 e. The lowest BCUT2D eigenvalue weighted by Crippen LogP contribution is -2.46. The molecule has 1 aromatic carbocycles. The maximum Gasteiger partial charge on any atom is 0.433 e. The maximum atomic E-state index is 14.0. The number of pyridine rings is 1. The summed E-state index contributed by atoms with van der Waals surface area (Å²) in [6.45, 7) is 10.6. The Morgan fingerprint density at radius 3 is 2.42 bits per heavy atom. The lowest BCUT2D eigenvalue weighted by atomic mass is 10.0. The molecule has 0 bridgehead atoms. The first kappa shape index (κ1) is 30.4. The summed E-state index contributed by atoms with van der Waals surface area (Å²) in [5.41, 5.74) is 4.12. The van der Waals surface area contributed by atoms with E-state index >= 15 is 0 Å². The quantitative estimate of drug-likeness (QED) is 0.267. The molecule has 2 fully saturated rings. The van der Waals surface area contributed by atoms with Gasteiger partial charge in [-0.05, 0) is 82.2 Å². The van der Waals surface area contributed by atoms with Gasteiger partial charge in [-0.2, -0.15) is 13.2 Å². The number of likely N-dealkylation sites (tertiary alicyclic amines) is 1. The zero-order valence-corrected chi connectivity index (χ0v) is 25.8. The number of anilines is 1. The number of hydrogen-bond acceptors (Lipinski definition) is 6. The summed E-state index contributed by atoms with van der Waals surface area (Å²) in [5, 5.41) is 3.24. The SMILES string of the molecule is CC(=O)c1cn(CC(=O)N2C3C[C@]3(C)C[C@H]2C(=O)Nc2nc(C(F)(F)F)ccc2C)c2c(C)cc(-c3cnc(C)c(C)n3)cc12. The van der Waals surface area contributed by atoms with E-state index in [4.69, 9.17) is 0 Å². The Bertz CT molecular complexity index is 1920. The minimum absolute atomic E-state index is 0.120. The number of nitrogens with one attached hydrogen (secondary N) is 1. The van der Waals surface area contributed by atoms with E-state index in [9.17, 15) is 27.6 Å². The maximum absolute atomic E-state index is 14.0. The van der Waals surface area contributed by atoms with E-state index in [1.54, 1.807) is 28.8 Å². The number of nitrogens with zero attached hydrogens (tertiary/aromatic N) is 5. The molecule has 45 heavy (non-hydrogen) atoms. The molecule has 4 aromatic rings. The first-order valence-electron chi connectivity index (χ1n) is 14.7. The normalized spacial score (nSPS) is 20.8. The Labute approximate surface area is 257 Å². The van der Waals surface area contributed by atoms with Crippen LogP contribution in [0.15, 0.2) is 36.7 Å². The molecule has 6 rings (SSSR count). The molecular formula is C33H33F3N6O3. The number of ketones is 1. The first-order chi connectivity index (χ1) is 21.1. The van der Waals surface area contributed by atoms with E-state index in [0.717, 1.165) is 40.5 Å². The summed E-state index contributed by atoms with van der Waals surface area (Å²) < 4.78 is 41.6. The van der Waals surface area contributed by atoms with Crippen molar-refractivity contribution in [2.45, 2.75) is 79.2 Å². The van der Waals surface area contributed by atoms with E-state index in [1.165, 1.54) is 13.0 Å². The van der Waals surface area contributed by atoms with Crippen molar-refractivity contribution in [1.82, 2.24) is 24.4 Å². The molecule has 1 aliphatic carbocycles. The highest BCUT2D eigenvalue weighted by atomic mass is 19.4. The Morgan fingerprint density at radius 1 is 1.02 bits per heavy atom. The van der Waals surface area contributed by atoms with Crippen LogP contribution in [0.2, 0.25) is 0 Å². The minimum atomic E-state index is -4.67. The number of rotatable bonds is 6. The van der Waals surface area contributed by atoms with Gasteiger partial charge in [-0.3, -0.25) is 19.4 Å². The highest BCUT2D eigenvalue weighted by Gasteiger charge is 2.64. The van der Waals surface area contributed by atoms with Crippen LogP contribution in [0, 0.1) is 33.1 Å². The summed E-state index contributed by atoms with van der Waals surface area (Å²) in [5.74, 6) is -1.24. The van der Waals surface area contributed by atoms with Crippen molar-refractivity contribution in [2.24, 2.45) is 5.41 Å². The fourth-order valence-electron chi connectivity index (χ4n) is 6.49. The van der Waals surface area contributed by atoms with E-state index in [0.29, 0.717) is 28.6 Å². The van der Waals surface area contributed by atoms with Crippen molar-refractivity contribution in [3.63, 3.8) is 0 Å². The first-order valence-corrected chi connectivity index (χ1v) is 14.7. The van der Waals surface area contributed by atoms with Gasteiger partial charge in [-0.25, -0.2) is 9.97 Å². The zero-order valence-electron chi connectivity index (χ0n) is 25.8. The topological polar surface area (TPSA) is 110 Å². The highest BCUT2D eigenvalue weighted by molar-refractivity contribution is 6.09. The Morgan fingerprint density at radius 2 is 1.76 bits per heavy atom. The Kier molecular flexibility index (Phi) is 7.09. The molecule has 0 radical (unpaired) electrons. The van der Waals surface area contributed by atoms with Gasteiger partial charge in [-0.15, -0.1) is 0 Å². The molecule has 234 valence electrons. The molecule has 1 unspecified atom stereocenters. The number of alkyl halides is 3. The van der Waals surface area contributed by atoms with Gasteiger partial charge in [0.25, 0.3) is 0 Å². The van der Waals surface area contributed by atoms with E-state index in [-0.39, 0.29) is 35.5 Å². The number of fused-ring (bicyclic) bond motifs is 2. The molecule has 3 aromatic heterocycles. The van der Waals surface area contributed by atoms with Crippen LogP contribution < -0.4 is 5.32 Å². The molecule has 1 N–H and O–H groups in total. The standard InChI is InChI=1S/C33H33F3N6O3/c1-16-7-8-26(33(34,35)36)39-30(16)40-31(45)25-11-32(6)12-27(32)42(25)28(44)15-41-14-23(20(5)43)22-10-21(9-17(2)29(22)41)24-13-37-18(3)19(4)38-24/h7-10,13-14,25,27H,11-12,15H2,1-6H3,(H,39,40,45)/t25-,27?,32-/m0/s1. The average Bonchev–Trinajstić information content (AvgIpc) is 3.31. The van der Waals surface area contributed by atoms with Gasteiger partial charge in [0.2, 0.25) is 11.8 Å². The molecule has 2 aliphatic rings. The van der Waals surface area contributed by atoms with Gasteiger partial charge in [0.15, 0.2) is 5.78 Å². The smallest absolute Gasteiger partial charge is 0.337 e. The van der Waals surface area contributed by atoms with Gasteiger partial charge >= 0.3 is 6.18 Å². The van der Waals surface area contributed by atoms with Crippen LogP contribution in [-0.4, -0.2) is 54.1 Å². The predicted molar refractivity (Wildman–Crippen MR) is 162 cm³/mol. The van der Waals surface area contributed by atoms with Gasteiger partial charge in [0.1, 0.15) is 24.1 Å². The van der Waals surface area contributed by atoms with Crippen molar-refractivity contribution in [1.29, 1.82) is 0 Å². The third kappa shape index (κ3) is 5.36. The molecule has 1 saturated carbocycles. The number of piperidine rings is 1. The van der Waals surface area contributed by atoms with Crippen molar-refractivity contribution >= 4 is 34.3 Å². The number of halogens is 3. The molecule has 1 saturated heterocycles. The number of carbonyl (C=O) groups excluding carboxylic acids is 3. The van der Waals surface area contributed by atoms with Crippen LogP contribution in [0.1, 0.15) is 65.3 Å². The largest absolute Gasteiger partial charge is 0.433 e. The van der Waals surface area contributed by atoms with E-state index in [1.807, 2.05) is 39.8 Å². The lowest BCUT2D eigenvalue weighted by Gasteiger charge is -2.27. The lowest BCUT2D eigenvalue weighted by molar-refractivity contribution is -0.141. The highest BCUT2D eigenvalue weighted by Crippen LogP contribution is 2.59. The number of Topliss-reactive ketones (excluding diaryl/α,β-unsaturated/α-hetero) is 1. The Balaban J connectivity index is 1.31. The van der Waals surface area contributed by atoms with Crippen molar-refractivity contribution < 1.29 is 27.6 Å². The third-order valence-corrected chi connectivity index (χ3v) is 9.19. The number of amides is 2. The molecule has 2 amide bonds. The summed E-state index contributed by atoms with van der Waals surface area (Å²) in [6, 6.07) is 4.91. The monoisotopic (exact) mass is 618 g/mol. The third-order valence-electron chi connectivity index (χ3n) is 9.19. The fourth-order valence-corrected chi connectivity index (χ4v) is 6.49. The van der Waals surface area contributed by atoms with E-state index in [2.05, 4.69) is 20.3 Å². The second kappa shape index (κ2) is 10.5. The number of carbonyl (C=O) groups is 3. The molecule has 12 heteroatoms. The van der Waals surface area contributed by atoms with Gasteiger partial charge in [-0.1, -0.05) is 13.0 Å². The summed E-state index contributed by atoms with van der Waals surface area (Å²) >= 11 is 0. The van der Waals surface area contributed by atoms with Crippen LogP contribution in [0.5, 0.6) is 0 Å². The van der Waals surface area contributed by atoms with Crippen molar-refractivity contribution in [2.75, 3.05) is 5.32 Å². The van der Waals surface area contributed by atoms with Crippen LogP contribution in [0.25, 0.3) is 22.2 Å². The number of aromatic nitrogens is 4. The molecule has 9 nitrogen and oxygen atoms in total. The van der Waals surface area contributed by atoms with Gasteiger partial charge in [0.05, 0.1) is 28.8 Å². The summed E-state index contributed by atoms with van der Waals surface area (Å²) in [6.07, 6.45) is -0.188. The second-order valence-electron chi connectivity index (χ2n) is 12.6. The molecule has 0 spiro atoms. The number of aryl methyl sites for hydroxylation is 4. The van der Waals surface area contributed by atoms with Crippen LogP contribution in [-0.2, 0) is 22.3 Å². The molecule has 1 aliphatic heterocycles. The summed E-state index contributed by atoms with van der Waals surface area (Å²) in [4.78, 5) is 54.5. The number of hydrogen-bond donors (Lipinski definition) is 1. The molecule has 4 heterocycles. The predicted octanol–water partition coefficient (Wildman–Crippen LogP) is 5.97. The molecule has 3 atom stereocenters. The Hall–Kier alpha value is -4.61.